The van der Waals surface area contributed by atoms with Crippen LogP contribution in [0.15, 0.2) is 12.3 Å². The van der Waals surface area contributed by atoms with Crippen molar-refractivity contribution in [2.45, 2.75) is 58.3 Å². The Hall–Kier alpha value is -0.460. The molecule has 0 aromatic carbocycles. The maximum absolute atomic E-state index is 2.48. The molecule has 0 N–H and O–H groups in total. The third kappa shape index (κ3) is 5.31. The molecule has 0 spiro atoms. The molecular formula is C13H25N. The van der Waals surface area contributed by atoms with Gasteiger partial charge in [-0.05, 0) is 38.3 Å². The Morgan fingerprint density at radius 1 is 1.00 bits per heavy atom. The Bertz CT molecular complexity index is 145. The Labute approximate surface area is 89.2 Å². The highest BCUT2D eigenvalue weighted by Gasteiger charge is 2.04. The van der Waals surface area contributed by atoms with Gasteiger partial charge in [-0.25, -0.2) is 0 Å². The smallest absolute Gasteiger partial charge is 0.0172 e. The number of allylic oxidation sites excluding steroid dienone is 1. The lowest BCUT2D eigenvalue weighted by Crippen LogP contribution is -2.23. The van der Waals surface area contributed by atoms with Gasteiger partial charge in [0.05, 0.1) is 0 Å². The summed E-state index contributed by atoms with van der Waals surface area (Å²) >= 11 is 0. The van der Waals surface area contributed by atoms with Crippen LogP contribution in [0.3, 0.4) is 0 Å². The standard InChI is InChI=1S/C13H25N/c1-2-3-4-5-6-8-11-14-12-9-7-10-13-14/h8,11H,2-7,9-10,12-13H2,1H3/b11-8+. The van der Waals surface area contributed by atoms with Crippen LogP contribution in [-0.4, -0.2) is 18.0 Å². The van der Waals surface area contributed by atoms with E-state index >= 15 is 0 Å². The van der Waals surface area contributed by atoms with Crippen LogP contribution in [0.4, 0.5) is 0 Å². The van der Waals surface area contributed by atoms with Crippen molar-refractivity contribution in [2.24, 2.45) is 0 Å². The fourth-order valence-corrected chi connectivity index (χ4v) is 1.98. The Morgan fingerprint density at radius 2 is 1.79 bits per heavy atom. The molecule has 1 rings (SSSR count). The number of hydrogen-bond donors (Lipinski definition) is 0. The third-order valence-electron chi connectivity index (χ3n) is 2.93. The molecule has 1 saturated heterocycles. The fourth-order valence-electron chi connectivity index (χ4n) is 1.98. The molecule has 1 heterocycles. The van der Waals surface area contributed by atoms with Gasteiger partial charge in [0.25, 0.3) is 0 Å². The minimum Gasteiger partial charge on any atom is -0.378 e. The summed E-state index contributed by atoms with van der Waals surface area (Å²) in [6.07, 6.45) is 15.7. The highest BCUT2D eigenvalue weighted by atomic mass is 15.1. The first-order valence-electron chi connectivity index (χ1n) is 6.34. The zero-order chi connectivity index (χ0) is 10.1. The van der Waals surface area contributed by atoms with Crippen molar-refractivity contribution < 1.29 is 0 Å². The van der Waals surface area contributed by atoms with Gasteiger partial charge in [-0.3, -0.25) is 0 Å². The SMILES string of the molecule is CCCCCC/C=C/N1CCCCC1. The monoisotopic (exact) mass is 195 g/mol. The Kier molecular flexibility index (Phi) is 6.55. The van der Waals surface area contributed by atoms with Crippen molar-refractivity contribution in [1.29, 1.82) is 0 Å². The predicted octanol–water partition coefficient (Wildman–Crippen LogP) is 3.96. The van der Waals surface area contributed by atoms with E-state index in [0.717, 1.165) is 0 Å². The fraction of sp³-hybridized carbons (Fsp3) is 0.846. The molecule has 0 amide bonds. The summed E-state index contributed by atoms with van der Waals surface area (Å²) in [6, 6.07) is 0. The number of piperidine rings is 1. The Balaban J connectivity index is 1.96. The second kappa shape index (κ2) is 7.90. The van der Waals surface area contributed by atoms with Crippen LogP contribution in [0.1, 0.15) is 58.3 Å². The molecule has 1 nitrogen and oxygen atoms in total. The van der Waals surface area contributed by atoms with Crippen molar-refractivity contribution in [3.63, 3.8) is 0 Å². The molecule has 0 unspecified atom stereocenters. The van der Waals surface area contributed by atoms with Gasteiger partial charge in [0, 0.05) is 13.1 Å². The maximum atomic E-state index is 2.48. The number of rotatable bonds is 6. The van der Waals surface area contributed by atoms with Crippen LogP contribution >= 0.6 is 0 Å². The van der Waals surface area contributed by atoms with Crippen LogP contribution < -0.4 is 0 Å². The third-order valence-corrected chi connectivity index (χ3v) is 2.93. The number of likely N-dealkylation sites (tertiary alicyclic amines) is 1. The molecule has 0 atom stereocenters. The van der Waals surface area contributed by atoms with E-state index in [0.29, 0.717) is 0 Å². The van der Waals surface area contributed by atoms with Crippen molar-refractivity contribution in [3.8, 4) is 0 Å². The highest BCUT2D eigenvalue weighted by Crippen LogP contribution is 2.09. The predicted molar refractivity (Wildman–Crippen MR) is 63.3 cm³/mol. The minimum atomic E-state index is 1.27. The first kappa shape index (κ1) is 11.6. The molecule has 0 bridgehead atoms. The van der Waals surface area contributed by atoms with Gasteiger partial charge < -0.3 is 4.90 Å². The molecule has 1 heteroatoms. The zero-order valence-corrected chi connectivity index (χ0v) is 9.67. The van der Waals surface area contributed by atoms with E-state index in [1.165, 1.54) is 64.5 Å². The van der Waals surface area contributed by atoms with Crippen LogP contribution in [0.25, 0.3) is 0 Å². The summed E-state index contributed by atoms with van der Waals surface area (Å²) in [5.41, 5.74) is 0. The van der Waals surface area contributed by atoms with Gasteiger partial charge in [0.1, 0.15) is 0 Å². The number of unbranched alkanes of at least 4 members (excludes halogenated alkanes) is 4. The van der Waals surface area contributed by atoms with Gasteiger partial charge in [-0.2, -0.15) is 0 Å². The van der Waals surface area contributed by atoms with E-state index in [-0.39, 0.29) is 0 Å². The molecule has 0 aliphatic carbocycles. The molecular weight excluding hydrogens is 170 g/mol. The van der Waals surface area contributed by atoms with E-state index in [2.05, 4.69) is 24.1 Å². The van der Waals surface area contributed by atoms with Gasteiger partial charge in [0.15, 0.2) is 0 Å². The van der Waals surface area contributed by atoms with Crippen molar-refractivity contribution >= 4 is 0 Å². The molecule has 0 saturated carbocycles. The zero-order valence-electron chi connectivity index (χ0n) is 9.67. The van der Waals surface area contributed by atoms with Gasteiger partial charge in [-0.1, -0.05) is 32.3 Å². The summed E-state index contributed by atoms with van der Waals surface area (Å²) in [6.45, 7) is 4.83. The summed E-state index contributed by atoms with van der Waals surface area (Å²) in [5.74, 6) is 0. The lowest BCUT2D eigenvalue weighted by Gasteiger charge is -2.24. The molecule has 1 aliphatic rings. The van der Waals surface area contributed by atoms with Crippen LogP contribution in [-0.2, 0) is 0 Å². The molecule has 1 fully saturated rings. The molecule has 14 heavy (non-hydrogen) atoms. The van der Waals surface area contributed by atoms with Gasteiger partial charge in [0.2, 0.25) is 0 Å². The number of nitrogens with zero attached hydrogens (tertiary/aromatic N) is 1. The van der Waals surface area contributed by atoms with Gasteiger partial charge >= 0.3 is 0 Å². The molecule has 0 aromatic heterocycles. The number of hydrogen-bond acceptors (Lipinski definition) is 1. The van der Waals surface area contributed by atoms with E-state index in [1.807, 2.05) is 0 Å². The highest BCUT2D eigenvalue weighted by molar-refractivity contribution is 4.83. The average molecular weight is 195 g/mol. The first-order chi connectivity index (χ1) is 6.93. The summed E-state index contributed by atoms with van der Waals surface area (Å²) in [4.78, 5) is 2.48. The largest absolute Gasteiger partial charge is 0.378 e. The average Bonchev–Trinajstić information content (AvgIpc) is 2.25. The van der Waals surface area contributed by atoms with Crippen molar-refractivity contribution in [2.75, 3.05) is 13.1 Å². The van der Waals surface area contributed by atoms with Gasteiger partial charge in [-0.15, -0.1) is 0 Å². The van der Waals surface area contributed by atoms with E-state index < -0.39 is 0 Å². The Morgan fingerprint density at radius 3 is 2.50 bits per heavy atom. The van der Waals surface area contributed by atoms with E-state index in [9.17, 15) is 0 Å². The normalized spacial score (nSPS) is 17.9. The lowest BCUT2D eigenvalue weighted by molar-refractivity contribution is 0.308. The minimum absolute atomic E-state index is 1.27. The molecule has 82 valence electrons. The topological polar surface area (TPSA) is 3.24 Å². The summed E-state index contributed by atoms with van der Waals surface area (Å²) in [7, 11) is 0. The molecule has 0 aromatic rings. The van der Waals surface area contributed by atoms with E-state index in [4.69, 9.17) is 0 Å². The van der Waals surface area contributed by atoms with Crippen LogP contribution in [0, 0.1) is 0 Å². The van der Waals surface area contributed by atoms with Crippen molar-refractivity contribution in [1.82, 2.24) is 4.90 Å². The quantitative estimate of drug-likeness (QED) is 0.580. The summed E-state index contributed by atoms with van der Waals surface area (Å²) in [5, 5.41) is 0. The van der Waals surface area contributed by atoms with Crippen LogP contribution in [0.2, 0.25) is 0 Å². The lowest BCUT2D eigenvalue weighted by atomic mass is 10.1. The second-order valence-corrected chi connectivity index (χ2v) is 4.33. The van der Waals surface area contributed by atoms with Crippen molar-refractivity contribution in [3.05, 3.63) is 12.3 Å². The van der Waals surface area contributed by atoms with Crippen LogP contribution in [0.5, 0.6) is 0 Å². The first-order valence-corrected chi connectivity index (χ1v) is 6.34. The molecule has 1 aliphatic heterocycles. The summed E-state index contributed by atoms with van der Waals surface area (Å²) < 4.78 is 0. The van der Waals surface area contributed by atoms with E-state index in [1.54, 1.807) is 0 Å². The maximum Gasteiger partial charge on any atom is 0.0172 e. The second-order valence-electron chi connectivity index (χ2n) is 4.33. The molecule has 0 radical (unpaired) electrons.